The number of fused-ring (bicyclic) bond motifs is 1. The maximum atomic E-state index is 12.2. The Morgan fingerprint density at radius 3 is 2.00 bits per heavy atom. The zero-order chi connectivity index (χ0) is 11.2. The second-order valence-electron chi connectivity index (χ2n) is 5.12. The second kappa shape index (κ2) is 3.17. The summed E-state index contributed by atoms with van der Waals surface area (Å²) in [5, 5.41) is 1.10. The molecule has 0 saturated carbocycles. The van der Waals surface area contributed by atoms with E-state index in [1.807, 2.05) is 18.2 Å². The zero-order valence-corrected chi connectivity index (χ0v) is 10.7. The molecule has 0 fully saturated rings. The van der Waals surface area contributed by atoms with E-state index in [-0.39, 0.29) is 5.78 Å². The van der Waals surface area contributed by atoms with Crippen LogP contribution in [0.5, 0.6) is 0 Å². The van der Waals surface area contributed by atoms with E-state index >= 15 is 0 Å². The fourth-order valence-corrected chi connectivity index (χ4v) is 4.43. The van der Waals surface area contributed by atoms with Crippen LogP contribution in [0.25, 0.3) is 5.57 Å². The van der Waals surface area contributed by atoms with Crippen molar-refractivity contribution in [1.29, 1.82) is 0 Å². The molecule has 0 amide bonds. The Balaban J connectivity index is 2.66. The average molecular weight is 216 g/mol. The molecule has 1 aliphatic carbocycles. The van der Waals surface area contributed by atoms with Crippen LogP contribution in [0.15, 0.2) is 29.5 Å². The van der Waals surface area contributed by atoms with Gasteiger partial charge < -0.3 is 0 Å². The SMILES string of the molecule is CC1=C([Si](C)(C)C)C(=O)c2ccccc21. The number of carbonyl (C=O) groups is 1. The molecule has 0 atom stereocenters. The topological polar surface area (TPSA) is 17.1 Å². The lowest BCUT2D eigenvalue weighted by molar-refractivity contribution is 0.104. The number of ketones is 1. The molecule has 0 aliphatic heterocycles. The molecule has 2 heteroatoms. The van der Waals surface area contributed by atoms with E-state index in [1.54, 1.807) is 0 Å². The highest BCUT2D eigenvalue weighted by molar-refractivity contribution is 6.89. The van der Waals surface area contributed by atoms with Crippen LogP contribution < -0.4 is 0 Å². The zero-order valence-electron chi connectivity index (χ0n) is 9.72. The minimum atomic E-state index is -1.52. The van der Waals surface area contributed by atoms with E-state index in [0.717, 1.165) is 16.3 Å². The molecule has 0 radical (unpaired) electrons. The molecular weight excluding hydrogens is 200 g/mol. The minimum absolute atomic E-state index is 0.266. The van der Waals surface area contributed by atoms with Gasteiger partial charge in [-0.15, -0.1) is 0 Å². The van der Waals surface area contributed by atoms with E-state index < -0.39 is 8.07 Å². The molecule has 1 aromatic rings. The van der Waals surface area contributed by atoms with E-state index in [9.17, 15) is 4.79 Å². The highest BCUT2D eigenvalue weighted by Gasteiger charge is 2.34. The van der Waals surface area contributed by atoms with Crippen molar-refractivity contribution in [3.8, 4) is 0 Å². The van der Waals surface area contributed by atoms with Gasteiger partial charge in [-0.05, 0) is 23.3 Å². The molecule has 0 unspecified atom stereocenters. The first-order valence-corrected chi connectivity index (χ1v) is 8.78. The molecule has 1 nitrogen and oxygen atoms in total. The maximum Gasteiger partial charge on any atom is 0.185 e. The van der Waals surface area contributed by atoms with Gasteiger partial charge >= 0.3 is 0 Å². The van der Waals surface area contributed by atoms with Crippen LogP contribution in [0.2, 0.25) is 19.6 Å². The van der Waals surface area contributed by atoms with Gasteiger partial charge in [-0.25, -0.2) is 0 Å². The van der Waals surface area contributed by atoms with E-state index in [4.69, 9.17) is 0 Å². The molecule has 2 rings (SSSR count). The summed E-state index contributed by atoms with van der Waals surface area (Å²) in [5.41, 5.74) is 3.24. The first-order valence-electron chi connectivity index (χ1n) is 5.28. The first-order chi connectivity index (χ1) is 6.93. The summed E-state index contributed by atoms with van der Waals surface area (Å²) in [4.78, 5) is 12.2. The second-order valence-corrected chi connectivity index (χ2v) is 10.1. The Morgan fingerprint density at radius 2 is 1.53 bits per heavy atom. The molecule has 0 aromatic heterocycles. The van der Waals surface area contributed by atoms with Crippen molar-refractivity contribution < 1.29 is 4.79 Å². The number of benzene rings is 1. The summed E-state index contributed by atoms with van der Waals surface area (Å²) < 4.78 is 0. The molecule has 0 spiro atoms. The molecule has 0 bridgehead atoms. The number of Topliss-reactive ketones (excluding diaryl/α,β-unsaturated/α-hetero) is 1. The van der Waals surface area contributed by atoms with Gasteiger partial charge in [0.05, 0.1) is 8.07 Å². The summed E-state index contributed by atoms with van der Waals surface area (Å²) in [6.45, 7) is 8.78. The van der Waals surface area contributed by atoms with Crippen LogP contribution >= 0.6 is 0 Å². The van der Waals surface area contributed by atoms with Crippen molar-refractivity contribution in [1.82, 2.24) is 0 Å². The van der Waals surface area contributed by atoms with Gasteiger partial charge in [0.2, 0.25) is 0 Å². The molecule has 0 N–H and O–H groups in total. The number of carbonyl (C=O) groups excluding carboxylic acids is 1. The third kappa shape index (κ3) is 1.49. The Bertz CT molecular complexity index is 464. The van der Waals surface area contributed by atoms with Crippen LogP contribution in [0.1, 0.15) is 22.8 Å². The first kappa shape index (κ1) is 10.4. The van der Waals surface area contributed by atoms with Crippen molar-refractivity contribution in [2.24, 2.45) is 0 Å². The lowest BCUT2D eigenvalue weighted by Crippen LogP contribution is -2.28. The molecule has 0 saturated heterocycles. The van der Waals surface area contributed by atoms with Crippen LogP contribution in [0, 0.1) is 0 Å². The largest absolute Gasteiger partial charge is 0.289 e. The van der Waals surface area contributed by atoms with Crippen molar-refractivity contribution in [2.45, 2.75) is 26.6 Å². The van der Waals surface area contributed by atoms with Gasteiger partial charge in [0.15, 0.2) is 5.78 Å². The summed E-state index contributed by atoms with van der Waals surface area (Å²) in [7, 11) is -1.52. The van der Waals surface area contributed by atoms with Gasteiger partial charge in [0.1, 0.15) is 0 Å². The van der Waals surface area contributed by atoms with Crippen LogP contribution in [0.3, 0.4) is 0 Å². The third-order valence-corrected chi connectivity index (χ3v) is 5.03. The Kier molecular flexibility index (Phi) is 2.19. The van der Waals surface area contributed by atoms with Gasteiger partial charge in [-0.2, -0.15) is 0 Å². The highest BCUT2D eigenvalue weighted by Crippen LogP contribution is 2.36. The van der Waals surface area contributed by atoms with Crippen molar-refractivity contribution >= 4 is 19.4 Å². The van der Waals surface area contributed by atoms with Gasteiger partial charge in [0.25, 0.3) is 0 Å². The predicted octanol–water partition coefficient (Wildman–Crippen LogP) is 3.53. The number of hydrogen-bond acceptors (Lipinski definition) is 1. The van der Waals surface area contributed by atoms with Crippen molar-refractivity contribution in [3.63, 3.8) is 0 Å². The molecule has 1 aromatic carbocycles. The summed E-state index contributed by atoms with van der Waals surface area (Å²) in [5.74, 6) is 0.266. The molecule has 1 aliphatic rings. The van der Waals surface area contributed by atoms with Gasteiger partial charge in [0, 0.05) is 5.56 Å². The number of rotatable bonds is 1. The Hall–Kier alpha value is -1.15. The lowest BCUT2D eigenvalue weighted by atomic mass is 10.1. The molecule has 78 valence electrons. The normalized spacial score (nSPS) is 15.9. The summed E-state index contributed by atoms with van der Waals surface area (Å²) >= 11 is 0. The van der Waals surface area contributed by atoms with E-state index in [1.165, 1.54) is 5.57 Å². The standard InChI is InChI=1S/C13H16OSi/c1-9-10-7-5-6-8-11(10)12(14)13(9)15(2,3)4/h5-8H,1-4H3. The minimum Gasteiger partial charge on any atom is -0.289 e. The lowest BCUT2D eigenvalue weighted by Gasteiger charge is -2.17. The highest BCUT2D eigenvalue weighted by atomic mass is 28.3. The van der Waals surface area contributed by atoms with Gasteiger partial charge in [-0.3, -0.25) is 4.79 Å². The van der Waals surface area contributed by atoms with Crippen LogP contribution in [-0.2, 0) is 0 Å². The quantitative estimate of drug-likeness (QED) is 0.656. The van der Waals surface area contributed by atoms with Crippen molar-refractivity contribution in [2.75, 3.05) is 0 Å². The molecule has 15 heavy (non-hydrogen) atoms. The maximum absolute atomic E-state index is 12.2. The number of allylic oxidation sites excluding steroid dienone is 2. The van der Waals surface area contributed by atoms with E-state index in [2.05, 4.69) is 32.6 Å². The summed E-state index contributed by atoms with van der Waals surface area (Å²) in [6.07, 6.45) is 0. The monoisotopic (exact) mass is 216 g/mol. The van der Waals surface area contributed by atoms with Crippen molar-refractivity contribution in [3.05, 3.63) is 40.6 Å². The number of hydrogen-bond donors (Lipinski definition) is 0. The van der Waals surface area contributed by atoms with Crippen LogP contribution in [0.4, 0.5) is 0 Å². The fraction of sp³-hybridized carbons (Fsp3) is 0.308. The predicted molar refractivity (Wildman–Crippen MR) is 66.7 cm³/mol. The smallest absolute Gasteiger partial charge is 0.185 e. The summed E-state index contributed by atoms with van der Waals surface area (Å²) in [6, 6.07) is 7.93. The van der Waals surface area contributed by atoms with Gasteiger partial charge in [-0.1, -0.05) is 43.9 Å². The van der Waals surface area contributed by atoms with E-state index in [0.29, 0.717) is 0 Å². The Morgan fingerprint density at radius 1 is 1.00 bits per heavy atom. The Labute approximate surface area is 91.8 Å². The fourth-order valence-electron chi connectivity index (χ4n) is 2.35. The average Bonchev–Trinajstić information content (AvgIpc) is 2.39. The molecular formula is C13H16OSi. The third-order valence-electron chi connectivity index (χ3n) is 2.93. The molecule has 0 heterocycles. The van der Waals surface area contributed by atoms with Crippen LogP contribution in [-0.4, -0.2) is 13.9 Å².